The van der Waals surface area contributed by atoms with E-state index in [1.807, 2.05) is 12.1 Å². The molecule has 28 heavy (non-hydrogen) atoms. The molecular weight excluding hydrogens is 364 g/mol. The zero-order chi connectivity index (χ0) is 20.6. The van der Waals surface area contributed by atoms with Crippen molar-refractivity contribution in [2.45, 2.75) is 67.2 Å². The van der Waals surface area contributed by atoms with Gasteiger partial charge in [-0.05, 0) is 84.5 Å². The Morgan fingerprint density at radius 1 is 0.786 bits per heavy atom. The normalized spacial score (nSPS) is 28.5. The van der Waals surface area contributed by atoms with Crippen molar-refractivity contribution < 1.29 is 5.11 Å². The molecule has 1 N–H and O–H groups in total. The minimum atomic E-state index is 0.432. The third-order valence-electron chi connectivity index (χ3n) is 6.90. The highest BCUT2D eigenvalue weighted by molar-refractivity contribution is 6.31. The maximum absolute atomic E-state index is 11.4. The average Bonchev–Trinajstić information content (AvgIpc) is 2.62. The Balaban J connectivity index is 2.15. The molecule has 3 rings (SSSR count). The van der Waals surface area contributed by atoms with Gasteiger partial charge >= 0.3 is 0 Å². The van der Waals surface area contributed by atoms with Crippen LogP contribution in [-0.2, 0) is 0 Å². The van der Waals surface area contributed by atoms with Gasteiger partial charge in [0.05, 0.1) is 0 Å². The van der Waals surface area contributed by atoms with E-state index in [9.17, 15) is 5.11 Å². The van der Waals surface area contributed by atoms with Gasteiger partial charge < -0.3 is 5.11 Å². The highest BCUT2D eigenvalue weighted by Crippen LogP contribution is 2.48. The number of benzene rings is 1. The molecule has 0 aliphatic heterocycles. The lowest BCUT2D eigenvalue weighted by atomic mass is 9.72. The third-order valence-corrected chi connectivity index (χ3v) is 7.12. The first-order valence-electron chi connectivity index (χ1n) is 11.2. The minimum Gasteiger partial charge on any atom is -0.507 e. The number of rotatable bonds is 4. The van der Waals surface area contributed by atoms with E-state index in [0.29, 0.717) is 41.3 Å². The quantitative estimate of drug-likeness (QED) is 0.539. The van der Waals surface area contributed by atoms with E-state index in [0.717, 1.165) is 16.1 Å². The topological polar surface area (TPSA) is 20.2 Å². The van der Waals surface area contributed by atoms with Crippen LogP contribution < -0.4 is 0 Å². The van der Waals surface area contributed by atoms with Gasteiger partial charge in [0.2, 0.25) is 0 Å². The van der Waals surface area contributed by atoms with Crippen molar-refractivity contribution in [3.05, 3.63) is 40.4 Å². The summed E-state index contributed by atoms with van der Waals surface area (Å²) in [5, 5.41) is 12.2. The molecule has 0 unspecified atom stereocenters. The summed E-state index contributed by atoms with van der Waals surface area (Å²) in [5.41, 5.74) is 4.49. The predicted molar refractivity (Wildman–Crippen MR) is 123 cm³/mol. The average molecular weight is 401 g/mol. The van der Waals surface area contributed by atoms with Gasteiger partial charge in [0.15, 0.2) is 0 Å². The summed E-state index contributed by atoms with van der Waals surface area (Å²) >= 11 is 6.62. The number of phenolic OH excluding ortho intramolecular Hbond substituents is 1. The molecule has 2 heteroatoms. The number of hydrogen-bond donors (Lipinski definition) is 1. The molecule has 0 bridgehead atoms. The van der Waals surface area contributed by atoms with Crippen LogP contribution in [0, 0.1) is 35.5 Å². The molecule has 0 heterocycles. The molecule has 0 amide bonds. The molecule has 2 aliphatic rings. The number of phenols is 1. The highest BCUT2D eigenvalue weighted by atomic mass is 35.5. The summed E-state index contributed by atoms with van der Waals surface area (Å²) < 4.78 is 0. The Kier molecular flexibility index (Phi) is 6.65. The van der Waals surface area contributed by atoms with Crippen molar-refractivity contribution >= 4 is 22.7 Å². The maximum atomic E-state index is 11.4. The van der Waals surface area contributed by atoms with E-state index in [2.05, 4.69) is 53.7 Å². The molecule has 4 atom stereocenters. The van der Waals surface area contributed by atoms with E-state index in [-0.39, 0.29) is 0 Å². The zero-order valence-corrected chi connectivity index (χ0v) is 19.2. The van der Waals surface area contributed by atoms with Crippen molar-refractivity contribution in [3.8, 4) is 5.75 Å². The second kappa shape index (κ2) is 8.66. The van der Waals surface area contributed by atoms with Gasteiger partial charge in [-0.25, -0.2) is 0 Å². The van der Waals surface area contributed by atoms with Crippen LogP contribution in [0.15, 0.2) is 24.3 Å². The van der Waals surface area contributed by atoms with E-state index in [4.69, 9.17) is 11.6 Å². The van der Waals surface area contributed by atoms with E-state index in [1.165, 1.54) is 36.8 Å². The lowest BCUT2D eigenvalue weighted by molar-refractivity contribution is 0.391. The van der Waals surface area contributed by atoms with Gasteiger partial charge in [-0.3, -0.25) is 0 Å². The molecule has 2 aliphatic carbocycles. The molecule has 0 saturated carbocycles. The molecule has 1 aromatic carbocycles. The van der Waals surface area contributed by atoms with Crippen LogP contribution in [0.2, 0.25) is 5.02 Å². The first kappa shape index (κ1) is 21.5. The smallest absolute Gasteiger partial charge is 0.130 e. The van der Waals surface area contributed by atoms with E-state index >= 15 is 0 Å². The van der Waals surface area contributed by atoms with Gasteiger partial charge in [-0.15, -0.1) is 0 Å². The van der Waals surface area contributed by atoms with Crippen LogP contribution in [0.25, 0.3) is 11.1 Å². The summed E-state index contributed by atoms with van der Waals surface area (Å²) in [6.07, 6.45) is 9.56. The maximum Gasteiger partial charge on any atom is 0.130 e. The number of hydrogen-bond acceptors (Lipinski definition) is 1. The number of aromatic hydroxyl groups is 1. The summed E-state index contributed by atoms with van der Waals surface area (Å²) in [4.78, 5) is 0. The van der Waals surface area contributed by atoms with Crippen molar-refractivity contribution in [1.29, 1.82) is 0 Å². The molecule has 1 nitrogen and oxygen atoms in total. The van der Waals surface area contributed by atoms with E-state index in [1.54, 1.807) is 0 Å². The van der Waals surface area contributed by atoms with Crippen molar-refractivity contribution in [2.24, 2.45) is 35.5 Å². The first-order valence-corrected chi connectivity index (χ1v) is 11.5. The summed E-state index contributed by atoms with van der Waals surface area (Å²) in [6, 6.07) is 3.97. The van der Waals surface area contributed by atoms with Crippen LogP contribution in [-0.4, -0.2) is 5.11 Å². The lowest BCUT2D eigenvalue weighted by Crippen LogP contribution is -2.19. The summed E-state index contributed by atoms with van der Waals surface area (Å²) in [5.74, 6) is 3.59. The molecular formula is C26H37ClO. The SMILES string of the molecule is CC(C)[C@H]1CC[C@H](C)C=C1c1cc(Cl)cc(C2=C[C@@H](C)CC[C@@H]2C(C)C)c1O. The Morgan fingerprint density at radius 3 is 1.54 bits per heavy atom. The highest BCUT2D eigenvalue weighted by Gasteiger charge is 2.30. The third kappa shape index (κ3) is 4.35. The molecule has 0 fully saturated rings. The second-order valence-electron chi connectivity index (χ2n) is 9.90. The molecule has 0 aromatic heterocycles. The summed E-state index contributed by atoms with van der Waals surface area (Å²) in [6.45, 7) is 13.7. The summed E-state index contributed by atoms with van der Waals surface area (Å²) in [7, 11) is 0. The van der Waals surface area contributed by atoms with Crippen molar-refractivity contribution in [3.63, 3.8) is 0 Å². The van der Waals surface area contributed by atoms with Gasteiger partial charge in [-0.1, -0.05) is 65.3 Å². The van der Waals surface area contributed by atoms with Crippen LogP contribution in [0.1, 0.15) is 78.4 Å². The zero-order valence-electron chi connectivity index (χ0n) is 18.4. The van der Waals surface area contributed by atoms with Gasteiger partial charge in [0, 0.05) is 16.1 Å². The largest absolute Gasteiger partial charge is 0.507 e. The number of halogens is 1. The Hall–Kier alpha value is -1.21. The van der Waals surface area contributed by atoms with E-state index < -0.39 is 0 Å². The van der Waals surface area contributed by atoms with Gasteiger partial charge in [0.25, 0.3) is 0 Å². The van der Waals surface area contributed by atoms with Crippen LogP contribution in [0.3, 0.4) is 0 Å². The Morgan fingerprint density at radius 2 is 1.18 bits per heavy atom. The molecule has 0 radical (unpaired) electrons. The second-order valence-corrected chi connectivity index (χ2v) is 10.3. The van der Waals surface area contributed by atoms with Crippen molar-refractivity contribution in [2.75, 3.05) is 0 Å². The molecule has 0 spiro atoms. The fourth-order valence-corrected chi connectivity index (χ4v) is 5.44. The molecule has 1 aromatic rings. The van der Waals surface area contributed by atoms with Crippen LogP contribution in [0.5, 0.6) is 5.75 Å². The standard InChI is InChI=1S/C26H37ClO/c1-15(2)20-9-7-17(5)11-22(20)24-13-19(27)14-25(26(24)28)23-12-18(6)8-10-21(23)16(3)4/h11-18,20-21,28H,7-10H2,1-6H3/t17-,18-,20+,21+/m0/s1. The fraction of sp³-hybridized carbons (Fsp3) is 0.615. The van der Waals surface area contributed by atoms with Crippen LogP contribution >= 0.6 is 11.6 Å². The molecule has 0 saturated heterocycles. The Labute approximate surface area is 176 Å². The fourth-order valence-electron chi connectivity index (χ4n) is 5.23. The van der Waals surface area contributed by atoms with Gasteiger partial charge in [0.1, 0.15) is 5.75 Å². The number of allylic oxidation sites excluding steroid dienone is 4. The van der Waals surface area contributed by atoms with Crippen LogP contribution in [0.4, 0.5) is 0 Å². The first-order chi connectivity index (χ1) is 13.2. The monoisotopic (exact) mass is 400 g/mol. The predicted octanol–water partition coefficient (Wildman–Crippen LogP) is 8.22. The van der Waals surface area contributed by atoms with Crippen molar-refractivity contribution in [1.82, 2.24) is 0 Å². The lowest BCUT2D eigenvalue weighted by Gasteiger charge is -2.33. The molecule has 154 valence electrons. The Bertz CT molecular complexity index is 710. The minimum absolute atomic E-state index is 0.432. The van der Waals surface area contributed by atoms with Gasteiger partial charge in [-0.2, -0.15) is 0 Å².